The molecule has 0 aromatic heterocycles. The summed E-state index contributed by atoms with van der Waals surface area (Å²) in [6.07, 6.45) is 5.09. The zero-order chi connectivity index (χ0) is 13.7. The van der Waals surface area contributed by atoms with Gasteiger partial charge in [-0.05, 0) is 42.4 Å². The first-order valence-corrected chi connectivity index (χ1v) is 6.30. The molecule has 2 aromatic carbocycles. The molecule has 2 N–H and O–H groups in total. The van der Waals surface area contributed by atoms with Gasteiger partial charge in [-0.15, -0.1) is 0 Å². The maximum atomic E-state index is 11.2. The summed E-state index contributed by atoms with van der Waals surface area (Å²) < 4.78 is 0. The van der Waals surface area contributed by atoms with Crippen molar-refractivity contribution in [3.8, 4) is 0 Å². The van der Waals surface area contributed by atoms with Crippen LogP contribution in [0.25, 0.3) is 16.8 Å². The van der Waals surface area contributed by atoms with Crippen LogP contribution in [-0.4, -0.2) is 24.7 Å². The van der Waals surface area contributed by atoms with Gasteiger partial charge in [-0.1, -0.05) is 42.5 Å². The van der Waals surface area contributed by atoms with Gasteiger partial charge in [0.1, 0.15) is 0 Å². The molecule has 0 spiro atoms. The highest BCUT2D eigenvalue weighted by Gasteiger charge is 2.08. The third-order valence-corrected chi connectivity index (χ3v) is 3.04. The van der Waals surface area contributed by atoms with Gasteiger partial charge in [0.25, 0.3) is 0 Å². The normalized spacial score (nSPS) is 11.2. The molecule has 3 nitrogen and oxygen atoms in total. The van der Waals surface area contributed by atoms with Crippen LogP contribution in [0.4, 0.5) is 0 Å². The van der Waals surface area contributed by atoms with Gasteiger partial charge in [-0.2, -0.15) is 0 Å². The number of carbonyl (C=O) groups is 1. The standard InChI is InChI=1S/C16H17NO2/c1-17-11-3-2-6-12-7-4-9-14-13(12)8-5-10-15(14)16(18)19/h2,4-10,17H,3,11H2,1H3,(H,18,19). The van der Waals surface area contributed by atoms with Crippen molar-refractivity contribution in [1.82, 2.24) is 5.32 Å². The van der Waals surface area contributed by atoms with Crippen LogP contribution < -0.4 is 5.32 Å². The lowest BCUT2D eigenvalue weighted by Gasteiger charge is -2.05. The van der Waals surface area contributed by atoms with E-state index < -0.39 is 5.97 Å². The Morgan fingerprint density at radius 3 is 2.68 bits per heavy atom. The van der Waals surface area contributed by atoms with E-state index in [-0.39, 0.29) is 0 Å². The molecule has 0 fully saturated rings. The SMILES string of the molecule is CNCCC=Cc1cccc2c(C(=O)O)cccc12. The number of aromatic carboxylic acids is 1. The quantitative estimate of drug-likeness (QED) is 0.807. The highest BCUT2D eigenvalue weighted by molar-refractivity contribution is 6.05. The Kier molecular flexibility index (Phi) is 4.31. The van der Waals surface area contributed by atoms with Crippen molar-refractivity contribution >= 4 is 22.8 Å². The van der Waals surface area contributed by atoms with Crippen molar-refractivity contribution in [3.05, 3.63) is 53.6 Å². The van der Waals surface area contributed by atoms with E-state index in [0.717, 1.165) is 29.3 Å². The molecule has 0 aliphatic rings. The average molecular weight is 255 g/mol. The lowest BCUT2D eigenvalue weighted by Crippen LogP contribution is -2.05. The van der Waals surface area contributed by atoms with Crippen molar-refractivity contribution in [1.29, 1.82) is 0 Å². The second-order valence-corrected chi connectivity index (χ2v) is 4.35. The van der Waals surface area contributed by atoms with Gasteiger partial charge in [0, 0.05) is 0 Å². The highest BCUT2D eigenvalue weighted by Crippen LogP contribution is 2.23. The molecular formula is C16H17NO2. The molecule has 0 saturated carbocycles. The topological polar surface area (TPSA) is 49.3 Å². The van der Waals surface area contributed by atoms with Crippen LogP contribution in [0, 0.1) is 0 Å². The largest absolute Gasteiger partial charge is 0.478 e. The van der Waals surface area contributed by atoms with E-state index in [1.54, 1.807) is 12.1 Å². The number of rotatable bonds is 5. The molecule has 3 heteroatoms. The van der Waals surface area contributed by atoms with Crippen LogP contribution in [0.1, 0.15) is 22.3 Å². The molecule has 0 radical (unpaired) electrons. The molecule has 0 saturated heterocycles. The molecule has 2 rings (SSSR count). The molecule has 0 amide bonds. The molecule has 0 atom stereocenters. The van der Waals surface area contributed by atoms with E-state index in [0.29, 0.717) is 5.56 Å². The number of carboxylic acid groups (broad SMARTS) is 1. The van der Waals surface area contributed by atoms with Crippen molar-refractivity contribution in [3.63, 3.8) is 0 Å². The maximum Gasteiger partial charge on any atom is 0.336 e. The Bertz CT molecular complexity index is 617. The van der Waals surface area contributed by atoms with E-state index >= 15 is 0 Å². The number of carboxylic acids is 1. The number of hydrogen-bond donors (Lipinski definition) is 2. The Labute approximate surface area is 112 Å². The minimum Gasteiger partial charge on any atom is -0.478 e. The highest BCUT2D eigenvalue weighted by atomic mass is 16.4. The van der Waals surface area contributed by atoms with Crippen molar-refractivity contribution in [2.75, 3.05) is 13.6 Å². The Hall–Kier alpha value is -2.13. The number of hydrogen-bond acceptors (Lipinski definition) is 2. The fraction of sp³-hybridized carbons (Fsp3) is 0.188. The smallest absolute Gasteiger partial charge is 0.336 e. The van der Waals surface area contributed by atoms with Crippen molar-refractivity contribution in [2.45, 2.75) is 6.42 Å². The van der Waals surface area contributed by atoms with E-state index in [1.165, 1.54) is 0 Å². The van der Waals surface area contributed by atoms with E-state index in [4.69, 9.17) is 0 Å². The van der Waals surface area contributed by atoms with Gasteiger partial charge in [-0.25, -0.2) is 4.79 Å². The van der Waals surface area contributed by atoms with Gasteiger partial charge < -0.3 is 10.4 Å². The molecule has 0 aliphatic carbocycles. The van der Waals surface area contributed by atoms with Crippen molar-refractivity contribution < 1.29 is 9.90 Å². The first-order valence-electron chi connectivity index (χ1n) is 6.30. The fourth-order valence-electron chi connectivity index (χ4n) is 2.10. The second kappa shape index (κ2) is 6.16. The molecule has 0 unspecified atom stereocenters. The monoisotopic (exact) mass is 255 g/mol. The summed E-state index contributed by atoms with van der Waals surface area (Å²) in [5.74, 6) is -0.887. The molecule has 0 aliphatic heterocycles. The summed E-state index contributed by atoms with van der Waals surface area (Å²) in [6.45, 7) is 0.932. The van der Waals surface area contributed by atoms with Gasteiger partial charge in [0.2, 0.25) is 0 Å². The van der Waals surface area contributed by atoms with Gasteiger partial charge in [0.15, 0.2) is 0 Å². The molecule has 0 heterocycles. The summed E-state index contributed by atoms with van der Waals surface area (Å²) >= 11 is 0. The number of benzene rings is 2. The number of fused-ring (bicyclic) bond motifs is 1. The van der Waals surface area contributed by atoms with E-state index in [1.807, 2.05) is 37.4 Å². The third-order valence-electron chi connectivity index (χ3n) is 3.04. The molecule has 98 valence electrons. The second-order valence-electron chi connectivity index (χ2n) is 4.35. The Balaban J connectivity index is 2.43. The molecule has 0 bridgehead atoms. The molecule has 19 heavy (non-hydrogen) atoms. The summed E-state index contributed by atoms with van der Waals surface area (Å²) in [5, 5.41) is 14.0. The van der Waals surface area contributed by atoms with Gasteiger partial charge in [0.05, 0.1) is 5.56 Å². The van der Waals surface area contributed by atoms with Gasteiger partial charge in [-0.3, -0.25) is 0 Å². The van der Waals surface area contributed by atoms with Crippen LogP contribution in [0.15, 0.2) is 42.5 Å². The first-order chi connectivity index (χ1) is 9.24. The molecule has 2 aromatic rings. The minimum atomic E-state index is -0.887. The molecular weight excluding hydrogens is 238 g/mol. The van der Waals surface area contributed by atoms with Crippen LogP contribution in [0.5, 0.6) is 0 Å². The van der Waals surface area contributed by atoms with E-state index in [2.05, 4.69) is 11.4 Å². The maximum absolute atomic E-state index is 11.2. The number of nitrogens with one attached hydrogen (secondary N) is 1. The van der Waals surface area contributed by atoms with Crippen LogP contribution in [-0.2, 0) is 0 Å². The average Bonchev–Trinajstić information content (AvgIpc) is 2.43. The fourth-order valence-corrected chi connectivity index (χ4v) is 2.10. The summed E-state index contributed by atoms with van der Waals surface area (Å²) in [6, 6.07) is 11.1. The Morgan fingerprint density at radius 2 is 1.95 bits per heavy atom. The van der Waals surface area contributed by atoms with Crippen LogP contribution in [0.2, 0.25) is 0 Å². The zero-order valence-corrected chi connectivity index (χ0v) is 10.9. The summed E-state index contributed by atoms with van der Waals surface area (Å²) in [5.41, 5.74) is 1.40. The minimum absolute atomic E-state index is 0.350. The Morgan fingerprint density at radius 1 is 1.21 bits per heavy atom. The zero-order valence-electron chi connectivity index (χ0n) is 10.9. The lowest BCUT2D eigenvalue weighted by atomic mass is 9.99. The summed E-state index contributed by atoms with van der Waals surface area (Å²) in [7, 11) is 1.92. The van der Waals surface area contributed by atoms with Crippen LogP contribution in [0.3, 0.4) is 0 Å². The summed E-state index contributed by atoms with van der Waals surface area (Å²) in [4.78, 5) is 11.2. The van der Waals surface area contributed by atoms with E-state index in [9.17, 15) is 9.90 Å². The lowest BCUT2D eigenvalue weighted by molar-refractivity contribution is 0.0699. The third kappa shape index (κ3) is 3.01. The van der Waals surface area contributed by atoms with Gasteiger partial charge >= 0.3 is 5.97 Å². The van der Waals surface area contributed by atoms with Crippen LogP contribution >= 0.6 is 0 Å². The predicted molar refractivity (Wildman–Crippen MR) is 78.5 cm³/mol. The van der Waals surface area contributed by atoms with Crippen molar-refractivity contribution in [2.24, 2.45) is 0 Å². The first kappa shape index (κ1) is 13.3. The predicted octanol–water partition coefficient (Wildman–Crippen LogP) is 3.16.